The molecule has 1 heterocycles. The number of nitrogens with two attached hydrogens (primary N) is 1. The van der Waals surface area contributed by atoms with Crippen molar-refractivity contribution in [1.29, 1.82) is 0 Å². The molecule has 0 radical (unpaired) electrons. The number of nitrogens with one attached hydrogen (secondary N) is 1. The molecule has 6 nitrogen and oxygen atoms in total. The van der Waals surface area contributed by atoms with E-state index in [0.29, 0.717) is 35.3 Å². The molecule has 6 heteroatoms. The van der Waals surface area contributed by atoms with Gasteiger partial charge < -0.3 is 15.6 Å². The van der Waals surface area contributed by atoms with Gasteiger partial charge in [0.2, 0.25) is 5.91 Å². The zero-order chi connectivity index (χ0) is 14.8. The molecule has 0 bridgehead atoms. The summed E-state index contributed by atoms with van der Waals surface area (Å²) in [6.45, 7) is 1.75. The number of hydrogen-bond acceptors (Lipinski definition) is 5. The molecule has 110 valence electrons. The molecule has 0 spiro atoms. The zero-order valence-corrected chi connectivity index (χ0v) is 11.9. The molecule has 3 N–H and O–H groups in total. The third-order valence-electron chi connectivity index (χ3n) is 3.61. The highest BCUT2D eigenvalue weighted by Crippen LogP contribution is 2.33. The Morgan fingerprint density at radius 2 is 2.24 bits per heavy atom. The molecule has 0 saturated heterocycles. The van der Waals surface area contributed by atoms with Gasteiger partial charge in [-0.25, -0.2) is 0 Å². The van der Waals surface area contributed by atoms with Crippen molar-refractivity contribution >= 4 is 11.6 Å². The Morgan fingerprint density at radius 1 is 1.48 bits per heavy atom. The molecule has 1 aromatic carbocycles. The molecule has 1 saturated carbocycles. The van der Waals surface area contributed by atoms with Crippen molar-refractivity contribution in [3.05, 3.63) is 30.1 Å². The highest BCUT2D eigenvalue weighted by Gasteiger charge is 2.30. The lowest BCUT2D eigenvalue weighted by Gasteiger charge is -2.12. The number of rotatable bonds is 5. The third-order valence-corrected chi connectivity index (χ3v) is 3.61. The van der Waals surface area contributed by atoms with Crippen LogP contribution in [-0.2, 0) is 4.79 Å². The molecule has 21 heavy (non-hydrogen) atoms. The van der Waals surface area contributed by atoms with Crippen LogP contribution in [0.1, 0.15) is 25.1 Å². The minimum absolute atomic E-state index is 0.0530. The van der Waals surface area contributed by atoms with E-state index in [1.165, 1.54) is 0 Å². The van der Waals surface area contributed by atoms with Gasteiger partial charge in [0.25, 0.3) is 5.89 Å². The molecule has 2 aromatic rings. The number of carbonyl (C=O) groups is 1. The standard InChI is InChI=1S/C15H18N4O2/c1-9-17-15(21-19-9)11-4-2-3-5-13(11)18-14(20)8-12(16)10-6-7-10/h2-5,10,12H,6-8,16H2,1H3,(H,18,20). The summed E-state index contributed by atoms with van der Waals surface area (Å²) in [5, 5.41) is 6.66. The Bertz CT molecular complexity index is 649. The van der Waals surface area contributed by atoms with Crippen molar-refractivity contribution in [2.45, 2.75) is 32.2 Å². The first-order valence-electron chi connectivity index (χ1n) is 7.08. The minimum atomic E-state index is -0.0851. The first-order valence-corrected chi connectivity index (χ1v) is 7.08. The van der Waals surface area contributed by atoms with Crippen molar-refractivity contribution in [3.63, 3.8) is 0 Å². The van der Waals surface area contributed by atoms with Crippen LogP contribution in [0, 0.1) is 12.8 Å². The molecule has 1 aliphatic carbocycles. The number of para-hydroxylation sites is 1. The minimum Gasteiger partial charge on any atom is -0.334 e. The largest absolute Gasteiger partial charge is 0.334 e. The van der Waals surface area contributed by atoms with Crippen LogP contribution < -0.4 is 11.1 Å². The highest BCUT2D eigenvalue weighted by molar-refractivity contribution is 5.94. The lowest BCUT2D eigenvalue weighted by molar-refractivity contribution is -0.116. The van der Waals surface area contributed by atoms with Crippen molar-refractivity contribution in [2.75, 3.05) is 5.32 Å². The van der Waals surface area contributed by atoms with Gasteiger partial charge in [-0.05, 0) is 37.8 Å². The molecule has 0 aliphatic heterocycles. The second-order valence-electron chi connectivity index (χ2n) is 5.45. The smallest absolute Gasteiger partial charge is 0.260 e. The van der Waals surface area contributed by atoms with Crippen molar-refractivity contribution < 1.29 is 9.32 Å². The van der Waals surface area contributed by atoms with Gasteiger partial charge in [0.1, 0.15) is 0 Å². The van der Waals surface area contributed by atoms with E-state index in [1.54, 1.807) is 6.92 Å². The molecular weight excluding hydrogens is 268 g/mol. The molecule has 1 fully saturated rings. The Morgan fingerprint density at radius 3 is 2.90 bits per heavy atom. The summed E-state index contributed by atoms with van der Waals surface area (Å²) in [5.74, 6) is 1.37. The third kappa shape index (κ3) is 3.28. The molecule has 1 amide bonds. The number of hydrogen-bond donors (Lipinski definition) is 2. The highest BCUT2D eigenvalue weighted by atomic mass is 16.5. The lowest BCUT2D eigenvalue weighted by atomic mass is 10.1. The number of nitrogens with zero attached hydrogens (tertiary/aromatic N) is 2. The van der Waals surface area contributed by atoms with Gasteiger partial charge in [-0.3, -0.25) is 4.79 Å². The van der Waals surface area contributed by atoms with Crippen LogP contribution in [0.3, 0.4) is 0 Å². The zero-order valence-electron chi connectivity index (χ0n) is 11.9. The number of benzene rings is 1. The monoisotopic (exact) mass is 286 g/mol. The van der Waals surface area contributed by atoms with E-state index in [4.69, 9.17) is 10.3 Å². The Kier molecular flexibility index (Phi) is 3.70. The van der Waals surface area contributed by atoms with Gasteiger partial charge in [-0.2, -0.15) is 4.98 Å². The van der Waals surface area contributed by atoms with Crippen LogP contribution in [0.5, 0.6) is 0 Å². The molecular formula is C15H18N4O2. The van der Waals surface area contributed by atoms with Crippen LogP contribution >= 0.6 is 0 Å². The maximum absolute atomic E-state index is 12.1. The molecule has 3 rings (SSSR count). The predicted molar refractivity (Wildman–Crippen MR) is 78.4 cm³/mol. The van der Waals surface area contributed by atoms with E-state index < -0.39 is 0 Å². The fraction of sp³-hybridized carbons (Fsp3) is 0.400. The first-order chi connectivity index (χ1) is 10.1. The van der Waals surface area contributed by atoms with Gasteiger partial charge in [0.15, 0.2) is 5.82 Å². The second-order valence-corrected chi connectivity index (χ2v) is 5.45. The van der Waals surface area contributed by atoms with Gasteiger partial charge in [0, 0.05) is 12.5 Å². The van der Waals surface area contributed by atoms with Gasteiger partial charge in [-0.15, -0.1) is 0 Å². The Labute approximate surface area is 122 Å². The predicted octanol–water partition coefficient (Wildman–Crippen LogP) is 2.11. The average molecular weight is 286 g/mol. The van der Waals surface area contributed by atoms with E-state index in [0.717, 1.165) is 12.8 Å². The van der Waals surface area contributed by atoms with E-state index in [1.807, 2.05) is 24.3 Å². The maximum atomic E-state index is 12.1. The number of aromatic nitrogens is 2. The van der Waals surface area contributed by atoms with Crippen LogP contribution in [-0.4, -0.2) is 22.1 Å². The first kappa shape index (κ1) is 13.8. The Balaban J connectivity index is 1.74. The summed E-state index contributed by atoms with van der Waals surface area (Å²) in [7, 11) is 0. The van der Waals surface area contributed by atoms with E-state index >= 15 is 0 Å². The number of carbonyl (C=O) groups excluding carboxylic acids is 1. The van der Waals surface area contributed by atoms with Crippen LogP contribution in [0.25, 0.3) is 11.5 Å². The van der Waals surface area contributed by atoms with Crippen molar-refractivity contribution in [2.24, 2.45) is 11.7 Å². The summed E-state index contributed by atoms with van der Waals surface area (Å²) >= 11 is 0. The molecule has 1 atom stereocenters. The molecule has 1 aromatic heterocycles. The normalized spacial score (nSPS) is 15.7. The molecule has 1 aliphatic rings. The fourth-order valence-corrected chi connectivity index (χ4v) is 2.29. The second kappa shape index (κ2) is 5.65. The summed E-state index contributed by atoms with van der Waals surface area (Å²) in [5.41, 5.74) is 7.36. The summed E-state index contributed by atoms with van der Waals surface area (Å²) in [6, 6.07) is 7.31. The molecule has 1 unspecified atom stereocenters. The fourth-order valence-electron chi connectivity index (χ4n) is 2.29. The number of aryl methyl sites for hydroxylation is 1. The van der Waals surface area contributed by atoms with E-state index in [2.05, 4.69) is 15.5 Å². The number of anilines is 1. The van der Waals surface area contributed by atoms with Crippen LogP contribution in [0.15, 0.2) is 28.8 Å². The van der Waals surface area contributed by atoms with Crippen molar-refractivity contribution in [3.8, 4) is 11.5 Å². The summed E-state index contributed by atoms with van der Waals surface area (Å²) in [6.07, 6.45) is 2.60. The maximum Gasteiger partial charge on any atom is 0.260 e. The van der Waals surface area contributed by atoms with Crippen LogP contribution in [0.2, 0.25) is 0 Å². The summed E-state index contributed by atoms with van der Waals surface area (Å²) < 4.78 is 5.16. The van der Waals surface area contributed by atoms with Crippen LogP contribution in [0.4, 0.5) is 5.69 Å². The lowest BCUT2D eigenvalue weighted by Crippen LogP contribution is -2.28. The topological polar surface area (TPSA) is 94.0 Å². The summed E-state index contributed by atoms with van der Waals surface area (Å²) in [4.78, 5) is 16.3. The average Bonchev–Trinajstić information content (AvgIpc) is 3.22. The van der Waals surface area contributed by atoms with Crippen molar-refractivity contribution in [1.82, 2.24) is 10.1 Å². The van der Waals surface area contributed by atoms with Gasteiger partial charge >= 0.3 is 0 Å². The SMILES string of the molecule is Cc1noc(-c2ccccc2NC(=O)CC(N)C2CC2)n1. The van der Waals surface area contributed by atoms with Gasteiger partial charge in [-0.1, -0.05) is 17.3 Å². The Hall–Kier alpha value is -2.21. The van der Waals surface area contributed by atoms with E-state index in [9.17, 15) is 4.79 Å². The number of amides is 1. The quantitative estimate of drug-likeness (QED) is 0.878. The van der Waals surface area contributed by atoms with Gasteiger partial charge in [0.05, 0.1) is 11.3 Å². The van der Waals surface area contributed by atoms with E-state index in [-0.39, 0.29) is 11.9 Å².